The predicted octanol–water partition coefficient (Wildman–Crippen LogP) is 4.63. The lowest BCUT2D eigenvalue weighted by molar-refractivity contribution is 0.216. The number of allylic oxidation sites excluding steroid dienone is 3. The van der Waals surface area contributed by atoms with Crippen molar-refractivity contribution >= 4 is 9.73 Å². The summed E-state index contributed by atoms with van der Waals surface area (Å²) in [7, 11) is -2.51. The molecule has 2 atom stereocenters. The SMILES string of the molecule is CC(C)(C)C1CO/C(=C2\C=CC=C2N=S(C)(=O)c2ccccc2)[N-]1. The van der Waals surface area contributed by atoms with Crippen LogP contribution in [0, 0.1) is 5.41 Å². The van der Waals surface area contributed by atoms with Crippen LogP contribution in [-0.4, -0.2) is 23.1 Å². The fourth-order valence-corrected chi connectivity index (χ4v) is 3.85. The van der Waals surface area contributed by atoms with Gasteiger partial charge in [-0.3, -0.25) is 0 Å². The van der Waals surface area contributed by atoms with Crippen molar-refractivity contribution in [1.82, 2.24) is 0 Å². The van der Waals surface area contributed by atoms with Gasteiger partial charge in [0.05, 0.1) is 22.0 Å². The van der Waals surface area contributed by atoms with E-state index in [0.29, 0.717) is 18.2 Å². The molecule has 0 spiro atoms. The maximum atomic E-state index is 13.0. The number of hydrogen-bond donors (Lipinski definition) is 0. The monoisotopic (exact) mass is 343 g/mol. The fraction of sp³-hybridized carbons (Fsp3) is 0.368. The van der Waals surface area contributed by atoms with Crippen molar-refractivity contribution in [3.8, 4) is 0 Å². The van der Waals surface area contributed by atoms with Crippen LogP contribution in [0.4, 0.5) is 0 Å². The van der Waals surface area contributed by atoms with Gasteiger partial charge in [0.2, 0.25) is 0 Å². The molecule has 3 rings (SSSR count). The summed E-state index contributed by atoms with van der Waals surface area (Å²) in [5, 5.41) is 4.71. The van der Waals surface area contributed by atoms with Gasteiger partial charge in [0.25, 0.3) is 0 Å². The highest BCUT2D eigenvalue weighted by atomic mass is 32.2. The number of benzene rings is 1. The minimum Gasteiger partial charge on any atom is -0.648 e. The molecule has 0 saturated carbocycles. The molecule has 0 bridgehead atoms. The molecule has 5 heteroatoms. The summed E-state index contributed by atoms with van der Waals surface area (Å²) < 4.78 is 23.3. The van der Waals surface area contributed by atoms with Gasteiger partial charge >= 0.3 is 0 Å². The summed E-state index contributed by atoms with van der Waals surface area (Å²) in [4.78, 5) is 0.721. The highest BCUT2D eigenvalue weighted by molar-refractivity contribution is 7.93. The Bertz CT molecular complexity index is 836. The Balaban J connectivity index is 1.92. The number of rotatable bonds is 2. The summed E-state index contributed by atoms with van der Waals surface area (Å²) in [5.74, 6) is 0.599. The smallest absolute Gasteiger partial charge is 0.0823 e. The maximum absolute atomic E-state index is 13.0. The topological polar surface area (TPSA) is 52.8 Å². The zero-order valence-corrected chi connectivity index (χ0v) is 15.3. The van der Waals surface area contributed by atoms with Gasteiger partial charge in [-0.15, -0.1) is 0 Å². The van der Waals surface area contributed by atoms with Crippen molar-refractivity contribution in [1.29, 1.82) is 0 Å². The van der Waals surface area contributed by atoms with Crippen molar-refractivity contribution in [2.75, 3.05) is 12.9 Å². The van der Waals surface area contributed by atoms with E-state index in [2.05, 4.69) is 25.1 Å². The molecular weight excluding hydrogens is 320 g/mol. The van der Waals surface area contributed by atoms with E-state index in [9.17, 15) is 4.21 Å². The van der Waals surface area contributed by atoms with Crippen molar-refractivity contribution in [3.05, 3.63) is 71.0 Å². The van der Waals surface area contributed by atoms with Gasteiger partial charge in [-0.1, -0.05) is 57.2 Å². The van der Waals surface area contributed by atoms with Crippen molar-refractivity contribution < 1.29 is 8.95 Å². The first-order chi connectivity index (χ1) is 11.3. The molecule has 0 aromatic heterocycles. The molecule has 1 aromatic rings. The molecule has 2 aliphatic rings. The molecule has 0 N–H and O–H groups in total. The zero-order chi connectivity index (χ0) is 17.4. The first kappa shape index (κ1) is 16.8. The minimum atomic E-state index is -2.51. The van der Waals surface area contributed by atoms with E-state index in [-0.39, 0.29) is 11.5 Å². The van der Waals surface area contributed by atoms with Gasteiger partial charge in [0.15, 0.2) is 0 Å². The van der Waals surface area contributed by atoms with Crippen LogP contribution >= 0.6 is 0 Å². The normalized spacial score (nSPS) is 25.7. The lowest BCUT2D eigenvalue weighted by atomic mass is 9.88. The van der Waals surface area contributed by atoms with Crippen LogP contribution in [0.2, 0.25) is 0 Å². The third kappa shape index (κ3) is 3.41. The van der Waals surface area contributed by atoms with Gasteiger partial charge in [-0.05, 0) is 23.6 Å². The first-order valence-electron chi connectivity index (χ1n) is 8.01. The van der Waals surface area contributed by atoms with E-state index in [0.717, 1.165) is 10.5 Å². The molecule has 24 heavy (non-hydrogen) atoms. The molecular formula is C19H23N2O2S-. The predicted molar refractivity (Wildman–Crippen MR) is 98.0 cm³/mol. The Kier molecular flexibility index (Phi) is 4.30. The molecule has 2 unspecified atom stereocenters. The first-order valence-corrected chi connectivity index (χ1v) is 9.93. The minimum absolute atomic E-state index is 0.0496. The van der Waals surface area contributed by atoms with E-state index in [4.69, 9.17) is 10.1 Å². The second-order valence-electron chi connectivity index (χ2n) is 7.16. The molecule has 1 fully saturated rings. The standard InChI is InChI=1S/C19H23N2O2S/c1-19(2,3)17-13-23-18(20-17)15-11-8-12-16(15)21-24(4,22)14-9-6-5-7-10-14/h5-12,17H,13H2,1-4H3/q-1/b18-15+. The van der Waals surface area contributed by atoms with Crippen LogP contribution in [0.25, 0.3) is 5.32 Å². The van der Waals surface area contributed by atoms with Gasteiger partial charge in [-0.2, -0.15) is 4.36 Å². The Morgan fingerprint density at radius 3 is 2.58 bits per heavy atom. The molecule has 1 aliphatic heterocycles. The molecule has 0 radical (unpaired) electrons. The fourth-order valence-electron chi connectivity index (χ4n) is 2.55. The Labute approximate surface area is 144 Å². The van der Waals surface area contributed by atoms with Gasteiger partial charge < -0.3 is 10.1 Å². The Hall–Kier alpha value is -2.01. The third-order valence-electron chi connectivity index (χ3n) is 4.13. The van der Waals surface area contributed by atoms with Crippen LogP contribution in [0.15, 0.2) is 75.0 Å². The summed E-state index contributed by atoms with van der Waals surface area (Å²) in [6, 6.07) is 9.45. The molecule has 4 nitrogen and oxygen atoms in total. The quantitative estimate of drug-likeness (QED) is 0.786. The average molecular weight is 343 g/mol. The van der Waals surface area contributed by atoms with Gasteiger partial charge in [0, 0.05) is 22.6 Å². The van der Waals surface area contributed by atoms with Crippen LogP contribution in [0.1, 0.15) is 20.8 Å². The van der Waals surface area contributed by atoms with Gasteiger partial charge in [0.1, 0.15) is 0 Å². The van der Waals surface area contributed by atoms with E-state index in [1.807, 2.05) is 48.6 Å². The molecule has 1 aromatic carbocycles. The molecule has 1 aliphatic carbocycles. The third-order valence-corrected chi connectivity index (χ3v) is 5.82. The molecule has 1 heterocycles. The second-order valence-corrected chi connectivity index (χ2v) is 9.42. The van der Waals surface area contributed by atoms with Crippen LogP contribution in [0.3, 0.4) is 0 Å². The lowest BCUT2D eigenvalue weighted by Crippen LogP contribution is -2.25. The van der Waals surface area contributed by atoms with E-state index >= 15 is 0 Å². The molecule has 0 amide bonds. The maximum Gasteiger partial charge on any atom is 0.0823 e. The van der Waals surface area contributed by atoms with E-state index < -0.39 is 9.73 Å². The van der Waals surface area contributed by atoms with Crippen LogP contribution in [0.5, 0.6) is 0 Å². The van der Waals surface area contributed by atoms with Crippen LogP contribution < -0.4 is 0 Å². The molecule has 128 valence electrons. The largest absolute Gasteiger partial charge is 0.648 e. The summed E-state index contributed by atoms with van der Waals surface area (Å²) in [5.41, 5.74) is 1.53. The highest BCUT2D eigenvalue weighted by Crippen LogP contribution is 2.39. The summed E-state index contributed by atoms with van der Waals surface area (Å²) in [6.45, 7) is 7.03. The summed E-state index contributed by atoms with van der Waals surface area (Å²) in [6.07, 6.45) is 7.33. The van der Waals surface area contributed by atoms with Crippen LogP contribution in [-0.2, 0) is 14.5 Å². The lowest BCUT2D eigenvalue weighted by Gasteiger charge is -2.34. The number of hydrogen-bond acceptors (Lipinski definition) is 3. The van der Waals surface area contributed by atoms with Crippen molar-refractivity contribution in [2.24, 2.45) is 9.78 Å². The number of ether oxygens (including phenoxy) is 1. The average Bonchev–Trinajstić information content (AvgIpc) is 3.16. The van der Waals surface area contributed by atoms with Gasteiger partial charge in [-0.25, -0.2) is 4.21 Å². The Morgan fingerprint density at radius 2 is 1.96 bits per heavy atom. The molecule has 1 saturated heterocycles. The zero-order valence-electron chi connectivity index (χ0n) is 14.5. The van der Waals surface area contributed by atoms with Crippen molar-refractivity contribution in [3.63, 3.8) is 0 Å². The van der Waals surface area contributed by atoms with E-state index in [1.54, 1.807) is 6.26 Å². The van der Waals surface area contributed by atoms with Crippen molar-refractivity contribution in [2.45, 2.75) is 31.7 Å². The Morgan fingerprint density at radius 1 is 1.25 bits per heavy atom. The van der Waals surface area contributed by atoms with E-state index in [1.165, 1.54) is 0 Å². The number of nitrogens with zero attached hydrogens (tertiary/aromatic N) is 2. The second kappa shape index (κ2) is 6.13. The summed E-state index contributed by atoms with van der Waals surface area (Å²) >= 11 is 0. The highest BCUT2D eigenvalue weighted by Gasteiger charge is 2.24.